The van der Waals surface area contributed by atoms with Crippen LogP contribution in [0.1, 0.15) is 0 Å². The smallest absolute Gasteiger partial charge is 0.135 e. The largest absolute Gasteiger partial charge is 0.456 e. The SMILES string of the molecule is c1ccc(-c2ccc(-c3ccc(-n4c5ccccc5c5ccc6c7ccccc7n(-c7ccc8oc9ccccc9c8c7)c6c54)cc3)cc2)cc1. The molecular weight excluding hydrogens is 621 g/mol. The van der Waals surface area contributed by atoms with Crippen LogP contribution in [0.4, 0.5) is 0 Å². The molecule has 238 valence electrons. The molecule has 0 radical (unpaired) electrons. The van der Waals surface area contributed by atoms with Gasteiger partial charge in [0.05, 0.1) is 22.1 Å². The summed E-state index contributed by atoms with van der Waals surface area (Å²) in [7, 11) is 0. The van der Waals surface area contributed by atoms with E-state index in [9.17, 15) is 0 Å². The molecule has 3 aromatic heterocycles. The van der Waals surface area contributed by atoms with Crippen molar-refractivity contribution in [2.75, 3.05) is 0 Å². The number of fused-ring (bicyclic) bond motifs is 10. The summed E-state index contributed by atoms with van der Waals surface area (Å²) in [6.45, 7) is 0. The lowest BCUT2D eigenvalue weighted by atomic mass is 10.0. The van der Waals surface area contributed by atoms with Crippen molar-refractivity contribution in [3.8, 4) is 33.6 Å². The van der Waals surface area contributed by atoms with E-state index in [-0.39, 0.29) is 0 Å². The highest BCUT2D eigenvalue weighted by molar-refractivity contribution is 6.24. The van der Waals surface area contributed by atoms with Crippen LogP contribution in [0.2, 0.25) is 0 Å². The second-order valence-electron chi connectivity index (χ2n) is 13.3. The molecule has 51 heavy (non-hydrogen) atoms. The maximum atomic E-state index is 6.24. The van der Waals surface area contributed by atoms with Crippen LogP contribution in [-0.2, 0) is 0 Å². The van der Waals surface area contributed by atoms with E-state index >= 15 is 0 Å². The summed E-state index contributed by atoms with van der Waals surface area (Å²) in [4.78, 5) is 0. The summed E-state index contributed by atoms with van der Waals surface area (Å²) in [5, 5.41) is 7.19. The van der Waals surface area contributed by atoms with E-state index in [1.54, 1.807) is 0 Å². The molecule has 0 amide bonds. The number of hydrogen-bond donors (Lipinski definition) is 0. The van der Waals surface area contributed by atoms with Crippen LogP contribution in [0, 0.1) is 0 Å². The van der Waals surface area contributed by atoms with Crippen LogP contribution >= 0.6 is 0 Å². The van der Waals surface area contributed by atoms with Crippen LogP contribution in [0.15, 0.2) is 186 Å². The summed E-state index contributed by atoms with van der Waals surface area (Å²) >= 11 is 0. The van der Waals surface area contributed by atoms with Gasteiger partial charge in [0, 0.05) is 43.7 Å². The van der Waals surface area contributed by atoms with Crippen LogP contribution in [0.25, 0.3) is 99.2 Å². The van der Waals surface area contributed by atoms with Crippen molar-refractivity contribution in [3.63, 3.8) is 0 Å². The van der Waals surface area contributed by atoms with E-state index < -0.39 is 0 Å². The molecule has 0 saturated heterocycles. The Kier molecular flexibility index (Phi) is 5.96. The lowest BCUT2D eigenvalue weighted by Gasteiger charge is -2.13. The number of benzene rings is 8. The topological polar surface area (TPSA) is 23.0 Å². The fourth-order valence-corrected chi connectivity index (χ4v) is 8.18. The lowest BCUT2D eigenvalue weighted by Crippen LogP contribution is -1.98. The van der Waals surface area contributed by atoms with Gasteiger partial charge in [-0.2, -0.15) is 0 Å². The average Bonchev–Trinajstić information content (AvgIpc) is 3.86. The number of aromatic nitrogens is 2. The Morgan fingerprint density at radius 2 is 0.745 bits per heavy atom. The van der Waals surface area contributed by atoms with Crippen molar-refractivity contribution in [1.82, 2.24) is 9.13 Å². The van der Waals surface area contributed by atoms with Crippen molar-refractivity contribution in [3.05, 3.63) is 182 Å². The molecule has 0 atom stereocenters. The van der Waals surface area contributed by atoms with Gasteiger partial charge in [-0.3, -0.25) is 0 Å². The third kappa shape index (κ3) is 4.19. The van der Waals surface area contributed by atoms with E-state index in [4.69, 9.17) is 4.42 Å². The minimum atomic E-state index is 0.898. The fraction of sp³-hybridized carbons (Fsp3) is 0. The third-order valence-electron chi connectivity index (χ3n) is 10.5. The fourth-order valence-electron chi connectivity index (χ4n) is 8.18. The summed E-state index contributed by atoms with van der Waals surface area (Å²) in [6.07, 6.45) is 0. The highest BCUT2D eigenvalue weighted by Gasteiger charge is 2.21. The van der Waals surface area contributed by atoms with Gasteiger partial charge in [0.25, 0.3) is 0 Å². The van der Waals surface area contributed by atoms with Gasteiger partial charge < -0.3 is 13.6 Å². The summed E-state index contributed by atoms with van der Waals surface area (Å²) in [5.74, 6) is 0. The normalized spacial score (nSPS) is 11.9. The molecule has 0 bridgehead atoms. The number of para-hydroxylation sites is 3. The van der Waals surface area contributed by atoms with Crippen molar-refractivity contribution >= 4 is 65.6 Å². The molecule has 3 nitrogen and oxygen atoms in total. The van der Waals surface area contributed by atoms with Crippen molar-refractivity contribution in [2.24, 2.45) is 0 Å². The molecule has 11 aromatic rings. The third-order valence-corrected chi connectivity index (χ3v) is 10.5. The highest BCUT2D eigenvalue weighted by Crippen LogP contribution is 2.42. The Balaban J connectivity index is 1.15. The average molecular weight is 651 g/mol. The van der Waals surface area contributed by atoms with Gasteiger partial charge in [-0.25, -0.2) is 0 Å². The van der Waals surface area contributed by atoms with Crippen LogP contribution in [0.5, 0.6) is 0 Å². The first-order valence-corrected chi connectivity index (χ1v) is 17.4. The highest BCUT2D eigenvalue weighted by atomic mass is 16.3. The van der Waals surface area contributed by atoms with Crippen LogP contribution in [0.3, 0.4) is 0 Å². The predicted octanol–water partition coefficient (Wildman–Crippen LogP) is 13.1. The molecule has 8 aromatic carbocycles. The summed E-state index contributed by atoms with van der Waals surface area (Å²) in [6, 6.07) is 65.5. The van der Waals surface area contributed by atoms with E-state index in [0.29, 0.717) is 0 Å². The molecule has 3 heteroatoms. The lowest BCUT2D eigenvalue weighted by molar-refractivity contribution is 0.669. The number of hydrogen-bond acceptors (Lipinski definition) is 1. The Bertz CT molecular complexity index is 3100. The number of furan rings is 1. The van der Waals surface area contributed by atoms with Crippen molar-refractivity contribution < 1.29 is 4.42 Å². The first-order valence-electron chi connectivity index (χ1n) is 17.4. The quantitative estimate of drug-likeness (QED) is 0.186. The van der Waals surface area contributed by atoms with E-state index in [2.05, 4.69) is 179 Å². The van der Waals surface area contributed by atoms with Gasteiger partial charge >= 0.3 is 0 Å². The van der Waals surface area contributed by atoms with Gasteiger partial charge in [-0.15, -0.1) is 0 Å². The molecule has 0 spiro atoms. The molecule has 11 rings (SSSR count). The summed E-state index contributed by atoms with van der Waals surface area (Å²) < 4.78 is 11.1. The Hall–Kier alpha value is -6.84. The monoisotopic (exact) mass is 650 g/mol. The molecule has 0 saturated carbocycles. The van der Waals surface area contributed by atoms with Gasteiger partial charge in [0.15, 0.2) is 0 Å². The van der Waals surface area contributed by atoms with E-state index in [1.165, 1.54) is 65.9 Å². The first-order chi connectivity index (χ1) is 25.3. The molecule has 0 N–H and O–H groups in total. The van der Waals surface area contributed by atoms with Gasteiger partial charge in [-0.05, 0) is 70.8 Å². The second kappa shape index (κ2) is 10.8. The standard InChI is InChI=1S/C48H30N2O/c1-2-10-31(11-3-1)32-18-20-33(21-19-32)34-22-24-35(25-23-34)49-43-15-7-4-12-37(43)40-27-28-41-38-13-5-8-16-44(38)50(48(41)47(40)49)36-26-29-46-42(30-36)39-14-6-9-17-45(39)51-46/h1-30H. The zero-order valence-corrected chi connectivity index (χ0v) is 27.6. The van der Waals surface area contributed by atoms with Crippen molar-refractivity contribution in [2.45, 2.75) is 0 Å². The van der Waals surface area contributed by atoms with Gasteiger partial charge in [-0.1, -0.05) is 133 Å². The maximum Gasteiger partial charge on any atom is 0.135 e. The molecule has 0 aliphatic carbocycles. The maximum absolute atomic E-state index is 6.24. The minimum absolute atomic E-state index is 0.898. The Labute approximate surface area is 293 Å². The first kappa shape index (κ1) is 28.0. The van der Waals surface area contributed by atoms with Gasteiger partial charge in [0.2, 0.25) is 0 Å². The second-order valence-corrected chi connectivity index (χ2v) is 13.3. The molecular formula is C48H30N2O. The molecule has 0 aliphatic heterocycles. The van der Waals surface area contributed by atoms with Crippen molar-refractivity contribution in [1.29, 1.82) is 0 Å². The predicted molar refractivity (Wildman–Crippen MR) is 213 cm³/mol. The molecule has 3 heterocycles. The Morgan fingerprint density at radius 1 is 0.294 bits per heavy atom. The molecule has 0 unspecified atom stereocenters. The van der Waals surface area contributed by atoms with Gasteiger partial charge in [0.1, 0.15) is 11.2 Å². The number of nitrogens with zero attached hydrogens (tertiary/aromatic N) is 2. The zero-order valence-electron chi connectivity index (χ0n) is 27.6. The van der Waals surface area contributed by atoms with E-state index in [0.717, 1.165) is 33.3 Å². The van der Waals surface area contributed by atoms with E-state index in [1.807, 2.05) is 12.1 Å². The molecule has 0 fully saturated rings. The summed E-state index contributed by atoms with van der Waals surface area (Å²) in [5.41, 5.74) is 13.6. The zero-order chi connectivity index (χ0) is 33.5. The number of rotatable bonds is 4. The molecule has 0 aliphatic rings. The van der Waals surface area contributed by atoms with Crippen LogP contribution in [-0.4, -0.2) is 9.13 Å². The minimum Gasteiger partial charge on any atom is -0.456 e. The Morgan fingerprint density at radius 3 is 1.37 bits per heavy atom. The van der Waals surface area contributed by atoms with Crippen LogP contribution < -0.4 is 0 Å².